The summed E-state index contributed by atoms with van der Waals surface area (Å²) in [6, 6.07) is 14.8. The number of allylic oxidation sites excluding steroid dienone is 1. The molecule has 2 N–H and O–H groups in total. The van der Waals surface area contributed by atoms with Crippen molar-refractivity contribution in [3.05, 3.63) is 71.6 Å². The Morgan fingerprint density at radius 1 is 1.14 bits per heavy atom. The number of fused-ring (bicyclic) bond motifs is 1. The smallest absolute Gasteiger partial charge is 0.137 e. The number of hydrogen-bond acceptors (Lipinski definition) is 2. The fourth-order valence-corrected chi connectivity index (χ4v) is 4.42. The Morgan fingerprint density at radius 3 is 2.50 bits per heavy atom. The maximum Gasteiger partial charge on any atom is 0.137 e. The topological polar surface area (TPSA) is 48.9 Å². The highest BCUT2D eigenvalue weighted by molar-refractivity contribution is 5.86. The van der Waals surface area contributed by atoms with Crippen molar-refractivity contribution in [2.24, 2.45) is 5.92 Å². The molecule has 2 aromatic heterocycles. The summed E-state index contributed by atoms with van der Waals surface area (Å²) >= 11 is 0. The fraction of sp³-hybridized carbons (Fsp3) is 0.400. The minimum absolute atomic E-state index is 0.636. The number of benzene rings is 1. The second kappa shape index (κ2) is 7.92. The number of aromatic nitrogens is 2. The Bertz CT molecular complexity index is 925. The molecule has 0 spiro atoms. The number of nitrogens with zero attached hydrogens (tertiary/aromatic N) is 1. The minimum Gasteiger partial charge on any atom is -0.385 e. The van der Waals surface area contributed by atoms with Gasteiger partial charge >= 0.3 is 0 Å². The van der Waals surface area contributed by atoms with Crippen LogP contribution in [0.5, 0.6) is 0 Å². The molecule has 3 nitrogen and oxygen atoms in total. The number of rotatable bonds is 6. The van der Waals surface area contributed by atoms with Crippen molar-refractivity contribution in [1.29, 1.82) is 0 Å². The summed E-state index contributed by atoms with van der Waals surface area (Å²) in [5.41, 5.74) is 4.75. The number of hydrogen-bond donors (Lipinski definition) is 2. The molecule has 1 aromatic carbocycles. The third-order valence-corrected chi connectivity index (χ3v) is 6.39. The first kappa shape index (κ1) is 18.9. The van der Waals surface area contributed by atoms with Crippen molar-refractivity contribution in [2.45, 2.75) is 58.0 Å². The predicted octanol–water partition coefficient (Wildman–Crippen LogP) is 6.19. The average Bonchev–Trinajstić information content (AvgIpc) is 3.41. The SMILES string of the molecule is CCC(O)(CC)c1ccc(/C(=C/C2CCCC2)c2cc3cccnc3[nH]2)cc1. The normalized spacial score (nSPS) is 16.2. The van der Waals surface area contributed by atoms with Gasteiger partial charge < -0.3 is 10.1 Å². The van der Waals surface area contributed by atoms with Gasteiger partial charge in [-0.3, -0.25) is 0 Å². The molecular formula is C25H30N2O. The molecule has 2 heterocycles. The van der Waals surface area contributed by atoms with Crippen LogP contribution in [-0.2, 0) is 5.60 Å². The van der Waals surface area contributed by atoms with Crippen molar-refractivity contribution in [2.75, 3.05) is 0 Å². The quantitative estimate of drug-likeness (QED) is 0.540. The third kappa shape index (κ3) is 3.64. The van der Waals surface area contributed by atoms with Gasteiger partial charge in [-0.25, -0.2) is 4.98 Å². The van der Waals surface area contributed by atoms with Crippen molar-refractivity contribution < 1.29 is 5.11 Å². The van der Waals surface area contributed by atoms with Gasteiger partial charge in [-0.2, -0.15) is 0 Å². The molecule has 0 saturated heterocycles. The second-order valence-corrected chi connectivity index (χ2v) is 8.07. The third-order valence-electron chi connectivity index (χ3n) is 6.39. The molecule has 0 aliphatic heterocycles. The molecule has 0 bridgehead atoms. The Balaban J connectivity index is 1.75. The molecule has 146 valence electrons. The largest absolute Gasteiger partial charge is 0.385 e. The van der Waals surface area contributed by atoms with Crippen LogP contribution in [0.15, 0.2) is 54.7 Å². The molecule has 1 aliphatic rings. The molecule has 0 radical (unpaired) electrons. The van der Waals surface area contributed by atoms with Gasteiger partial charge in [-0.15, -0.1) is 0 Å². The van der Waals surface area contributed by atoms with Crippen LogP contribution in [0.2, 0.25) is 0 Å². The zero-order valence-corrected chi connectivity index (χ0v) is 16.9. The van der Waals surface area contributed by atoms with E-state index in [1.807, 2.05) is 26.1 Å². The molecule has 0 unspecified atom stereocenters. The predicted molar refractivity (Wildman–Crippen MR) is 116 cm³/mol. The van der Waals surface area contributed by atoms with Crippen LogP contribution in [0, 0.1) is 5.92 Å². The molecule has 1 aliphatic carbocycles. The highest BCUT2D eigenvalue weighted by Gasteiger charge is 2.25. The van der Waals surface area contributed by atoms with E-state index in [0.29, 0.717) is 5.92 Å². The summed E-state index contributed by atoms with van der Waals surface area (Å²) in [7, 11) is 0. The van der Waals surface area contributed by atoms with Gasteiger partial charge in [0, 0.05) is 22.9 Å². The van der Waals surface area contributed by atoms with Crippen LogP contribution in [0.3, 0.4) is 0 Å². The van der Waals surface area contributed by atoms with Crippen molar-refractivity contribution in [3.63, 3.8) is 0 Å². The summed E-state index contributed by atoms with van der Waals surface area (Å²) in [5, 5.41) is 12.0. The van der Waals surface area contributed by atoms with Crippen molar-refractivity contribution in [3.8, 4) is 0 Å². The van der Waals surface area contributed by atoms with E-state index in [9.17, 15) is 5.11 Å². The average molecular weight is 375 g/mol. The number of aromatic amines is 1. The van der Waals surface area contributed by atoms with Gasteiger partial charge in [0.2, 0.25) is 0 Å². The number of aliphatic hydroxyl groups is 1. The van der Waals surface area contributed by atoms with Crippen LogP contribution >= 0.6 is 0 Å². The zero-order valence-electron chi connectivity index (χ0n) is 16.9. The molecule has 28 heavy (non-hydrogen) atoms. The lowest BCUT2D eigenvalue weighted by Crippen LogP contribution is -2.23. The van der Waals surface area contributed by atoms with Gasteiger partial charge in [0.1, 0.15) is 5.65 Å². The van der Waals surface area contributed by atoms with Gasteiger partial charge in [-0.05, 0) is 60.9 Å². The molecule has 1 saturated carbocycles. The molecule has 0 atom stereocenters. The maximum absolute atomic E-state index is 10.8. The maximum atomic E-state index is 10.8. The van der Waals surface area contributed by atoms with E-state index in [2.05, 4.69) is 52.4 Å². The van der Waals surface area contributed by atoms with Crippen LogP contribution in [0.1, 0.15) is 69.2 Å². The monoisotopic (exact) mass is 374 g/mol. The van der Waals surface area contributed by atoms with E-state index in [1.54, 1.807) is 0 Å². The molecule has 0 amide bonds. The van der Waals surface area contributed by atoms with E-state index in [0.717, 1.165) is 35.1 Å². The lowest BCUT2D eigenvalue weighted by atomic mass is 9.87. The van der Waals surface area contributed by atoms with Crippen LogP contribution in [-0.4, -0.2) is 15.1 Å². The summed E-state index contributed by atoms with van der Waals surface area (Å²) in [6.07, 6.45) is 10.9. The highest BCUT2D eigenvalue weighted by Crippen LogP contribution is 2.34. The van der Waals surface area contributed by atoms with Crippen molar-refractivity contribution in [1.82, 2.24) is 9.97 Å². The lowest BCUT2D eigenvalue weighted by Gasteiger charge is -2.26. The number of H-pyrrole nitrogens is 1. The fourth-order valence-electron chi connectivity index (χ4n) is 4.42. The van der Waals surface area contributed by atoms with Crippen LogP contribution in [0.25, 0.3) is 16.6 Å². The first-order chi connectivity index (χ1) is 13.6. The van der Waals surface area contributed by atoms with E-state index < -0.39 is 5.60 Å². The van der Waals surface area contributed by atoms with E-state index in [4.69, 9.17) is 0 Å². The summed E-state index contributed by atoms with van der Waals surface area (Å²) < 4.78 is 0. The molecule has 4 rings (SSSR count). The number of nitrogens with one attached hydrogen (secondary N) is 1. The van der Waals surface area contributed by atoms with Crippen LogP contribution < -0.4 is 0 Å². The summed E-state index contributed by atoms with van der Waals surface area (Å²) in [5.74, 6) is 0.636. The van der Waals surface area contributed by atoms with Gasteiger partial charge in [0.15, 0.2) is 0 Å². The Morgan fingerprint density at radius 2 is 1.86 bits per heavy atom. The first-order valence-corrected chi connectivity index (χ1v) is 10.6. The molecular weight excluding hydrogens is 344 g/mol. The molecule has 3 aromatic rings. The standard InChI is InChI=1S/C25H30N2O/c1-3-25(28,4-2)21-13-11-19(12-14-21)22(16-18-8-5-6-9-18)23-17-20-10-7-15-26-24(20)27-23/h7,10-18,28H,3-6,8-9H2,1-2H3,(H,26,27)/b22-16-. The molecule has 1 fully saturated rings. The second-order valence-electron chi connectivity index (χ2n) is 8.07. The summed E-state index contributed by atoms with van der Waals surface area (Å²) in [4.78, 5) is 7.97. The van der Waals surface area contributed by atoms with Crippen LogP contribution in [0.4, 0.5) is 0 Å². The van der Waals surface area contributed by atoms with Gasteiger partial charge in [-0.1, -0.05) is 57.0 Å². The molecule has 3 heteroatoms. The summed E-state index contributed by atoms with van der Waals surface area (Å²) in [6.45, 7) is 4.08. The van der Waals surface area contributed by atoms with E-state index >= 15 is 0 Å². The van der Waals surface area contributed by atoms with Crippen molar-refractivity contribution >= 4 is 16.6 Å². The van der Waals surface area contributed by atoms with E-state index in [1.165, 1.54) is 36.8 Å². The van der Waals surface area contributed by atoms with Gasteiger partial charge in [0.05, 0.1) is 5.60 Å². The Hall–Kier alpha value is -2.39. The Kier molecular flexibility index (Phi) is 5.36. The Labute approximate surface area is 167 Å². The minimum atomic E-state index is -0.737. The highest BCUT2D eigenvalue weighted by atomic mass is 16.3. The zero-order chi connectivity index (χ0) is 19.6. The lowest BCUT2D eigenvalue weighted by molar-refractivity contribution is 0.0284. The van der Waals surface area contributed by atoms with E-state index in [-0.39, 0.29) is 0 Å². The first-order valence-electron chi connectivity index (χ1n) is 10.6. The van der Waals surface area contributed by atoms with Gasteiger partial charge in [0.25, 0.3) is 0 Å². The number of pyridine rings is 1.